The van der Waals surface area contributed by atoms with Crippen molar-refractivity contribution in [1.82, 2.24) is 19.1 Å². The van der Waals surface area contributed by atoms with E-state index < -0.39 is 11.4 Å². The van der Waals surface area contributed by atoms with E-state index in [0.717, 1.165) is 0 Å². The molecule has 10 heteroatoms. The van der Waals surface area contributed by atoms with E-state index in [9.17, 15) is 19.2 Å². The van der Waals surface area contributed by atoms with Crippen molar-refractivity contribution in [2.75, 3.05) is 11.4 Å². The smallest absolute Gasteiger partial charge is 0.281 e. The Kier molecular flexibility index (Phi) is 4.04. The molecule has 0 unspecified atom stereocenters. The number of benzene rings is 1. The maximum absolute atomic E-state index is 13.6. The van der Waals surface area contributed by atoms with Crippen LogP contribution in [0.2, 0.25) is 0 Å². The van der Waals surface area contributed by atoms with E-state index in [-0.39, 0.29) is 36.1 Å². The van der Waals surface area contributed by atoms with Crippen LogP contribution in [0.4, 0.5) is 10.3 Å². The van der Waals surface area contributed by atoms with Gasteiger partial charge in [-0.3, -0.25) is 19.1 Å². The average Bonchev–Trinajstić information content (AvgIpc) is 3.12. The van der Waals surface area contributed by atoms with Crippen LogP contribution in [0.3, 0.4) is 0 Å². The van der Waals surface area contributed by atoms with Gasteiger partial charge >= 0.3 is 0 Å². The Morgan fingerprint density at radius 1 is 1.33 bits per heavy atom. The van der Waals surface area contributed by atoms with E-state index in [1.165, 1.54) is 32.2 Å². The summed E-state index contributed by atoms with van der Waals surface area (Å²) in [5, 5.41) is 9.26. The van der Waals surface area contributed by atoms with Crippen LogP contribution in [0.5, 0.6) is 0 Å². The maximum Gasteiger partial charge on any atom is 0.281 e. The third-order valence-electron chi connectivity index (χ3n) is 4.47. The fraction of sp³-hybridized carbons (Fsp3) is 0.235. The molecule has 0 radical (unpaired) electrons. The number of likely N-dealkylation sites (N-methyl/N-ethyl adjacent to an activating group) is 1. The second-order valence-corrected chi connectivity index (χ2v) is 6.70. The van der Waals surface area contributed by atoms with Gasteiger partial charge in [0.1, 0.15) is 12.4 Å². The largest absolute Gasteiger partial charge is 0.308 e. The Balaban J connectivity index is 1.92. The molecule has 2 aromatic heterocycles. The van der Waals surface area contributed by atoms with Gasteiger partial charge in [-0.05, 0) is 46.6 Å². The third-order valence-corrected chi connectivity index (χ3v) is 5.07. The molecular weight excluding hydrogens is 419 g/mol. The number of hydrogen-bond donors (Lipinski definition) is 0. The quantitative estimate of drug-likeness (QED) is 0.589. The minimum atomic E-state index is -0.482. The number of carbonyl (C=O) groups excluding carboxylic acids is 1. The van der Waals surface area contributed by atoms with Crippen LogP contribution in [0.25, 0.3) is 11.2 Å². The van der Waals surface area contributed by atoms with Gasteiger partial charge in [0.05, 0.1) is 18.2 Å². The molecule has 1 aliphatic rings. The topological polar surface area (TPSA) is 96.8 Å². The number of halogens is 2. The highest BCUT2D eigenvalue weighted by Crippen LogP contribution is 2.24. The van der Waals surface area contributed by atoms with Crippen molar-refractivity contribution in [3.8, 4) is 6.07 Å². The molecule has 1 aliphatic heterocycles. The molecule has 0 bridgehead atoms. The number of fused-ring (bicyclic) bond motifs is 2. The van der Waals surface area contributed by atoms with Gasteiger partial charge in [0.15, 0.2) is 15.9 Å². The molecule has 3 heterocycles. The molecule has 1 aromatic carbocycles. The summed E-state index contributed by atoms with van der Waals surface area (Å²) in [7, 11) is 0. The molecule has 1 amide bonds. The predicted octanol–water partition coefficient (Wildman–Crippen LogP) is 1.78. The first-order valence-electron chi connectivity index (χ1n) is 8.10. The van der Waals surface area contributed by atoms with Crippen LogP contribution in [-0.2, 0) is 17.9 Å². The van der Waals surface area contributed by atoms with Crippen molar-refractivity contribution >= 4 is 38.9 Å². The van der Waals surface area contributed by atoms with Gasteiger partial charge in [0.25, 0.3) is 5.56 Å². The Morgan fingerprint density at radius 3 is 2.81 bits per heavy atom. The van der Waals surface area contributed by atoms with E-state index in [2.05, 4.69) is 25.9 Å². The zero-order chi connectivity index (χ0) is 19.3. The highest BCUT2D eigenvalue weighted by atomic mass is 79.9. The van der Waals surface area contributed by atoms with Crippen LogP contribution in [0.15, 0.2) is 27.7 Å². The van der Waals surface area contributed by atoms with E-state index in [4.69, 9.17) is 0 Å². The summed E-state index contributed by atoms with van der Waals surface area (Å²) in [5.74, 6) is -0.428. The van der Waals surface area contributed by atoms with E-state index in [0.29, 0.717) is 22.4 Å². The molecule has 0 aliphatic carbocycles. The normalized spacial score (nSPS) is 13.3. The molecule has 27 heavy (non-hydrogen) atoms. The molecule has 136 valence electrons. The number of carbonyl (C=O) groups is 1. The summed E-state index contributed by atoms with van der Waals surface area (Å²) in [4.78, 5) is 35.1. The number of nitriles is 1. The minimum Gasteiger partial charge on any atom is -0.308 e. The van der Waals surface area contributed by atoms with Crippen molar-refractivity contribution in [3.63, 3.8) is 0 Å². The molecule has 3 aromatic rings. The molecule has 0 atom stereocenters. The molecule has 0 saturated carbocycles. The molecule has 0 N–H and O–H groups in total. The van der Waals surface area contributed by atoms with Crippen molar-refractivity contribution in [2.45, 2.75) is 20.0 Å². The summed E-state index contributed by atoms with van der Waals surface area (Å²) < 4.78 is 16.8. The van der Waals surface area contributed by atoms with Gasteiger partial charge in [-0.15, -0.1) is 0 Å². The van der Waals surface area contributed by atoms with Crippen LogP contribution in [-0.4, -0.2) is 31.6 Å². The van der Waals surface area contributed by atoms with E-state index in [1.54, 1.807) is 6.92 Å². The highest BCUT2D eigenvalue weighted by molar-refractivity contribution is 9.10. The fourth-order valence-corrected chi connectivity index (χ4v) is 3.66. The van der Waals surface area contributed by atoms with Gasteiger partial charge in [-0.25, -0.2) is 9.37 Å². The number of nitrogens with zero attached hydrogens (tertiary/aromatic N) is 6. The SMILES string of the molecule is CCN1C(=O)Cn2c1nc1nc(Br)n(Cc3cc(F)ccc3C#N)c1c2=O. The summed E-state index contributed by atoms with van der Waals surface area (Å²) in [6.07, 6.45) is 0. The zero-order valence-electron chi connectivity index (χ0n) is 14.1. The summed E-state index contributed by atoms with van der Waals surface area (Å²) >= 11 is 3.31. The second-order valence-electron chi connectivity index (χ2n) is 5.99. The molecular formula is C17H12BrFN6O2. The number of hydrogen-bond acceptors (Lipinski definition) is 5. The fourth-order valence-electron chi connectivity index (χ4n) is 3.19. The van der Waals surface area contributed by atoms with Crippen LogP contribution < -0.4 is 10.5 Å². The lowest BCUT2D eigenvalue weighted by Crippen LogP contribution is -2.26. The number of rotatable bonds is 3. The van der Waals surface area contributed by atoms with Gasteiger partial charge < -0.3 is 4.57 Å². The standard InChI is InChI=1S/C17H12BrFN6O2/c1-2-23-12(26)8-25-15(27)13-14(22-17(23)25)21-16(18)24(13)7-10-5-11(19)4-3-9(10)6-20/h3-5H,2,7-8H2,1H3. The summed E-state index contributed by atoms with van der Waals surface area (Å²) in [5.41, 5.74) is 0.665. The Bertz CT molecular complexity index is 1210. The second kappa shape index (κ2) is 6.28. The van der Waals surface area contributed by atoms with Gasteiger partial charge in [0, 0.05) is 6.54 Å². The summed E-state index contributed by atoms with van der Waals surface area (Å²) in [6, 6.07) is 5.85. The lowest BCUT2D eigenvalue weighted by Gasteiger charge is -2.12. The molecule has 0 saturated heterocycles. The number of aromatic nitrogens is 4. The monoisotopic (exact) mass is 430 g/mol. The van der Waals surface area contributed by atoms with Crippen molar-refractivity contribution < 1.29 is 9.18 Å². The number of imidazole rings is 1. The van der Waals surface area contributed by atoms with Gasteiger partial charge in [0.2, 0.25) is 11.9 Å². The Hall–Kier alpha value is -3.06. The first-order valence-corrected chi connectivity index (χ1v) is 8.89. The van der Waals surface area contributed by atoms with E-state index >= 15 is 0 Å². The zero-order valence-corrected chi connectivity index (χ0v) is 15.7. The van der Waals surface area contributed by atoms with E-state index in [1.807, 2.05) is 6.07 Å². The number of anilines is 1. The maximum atomic E-state index is 13.6. The van der Waals surface area contributed by atoms with Gasteiger partial charge in [-0.2, -0.15) is 10.2 Å². The minimum absolute atomic E-state index is 0.0550. The Morgan fingerprint density at radius 2 is 2.11 bits per heavy atom. The third kappa shape index (κ3) is 2.62. The van der Waals surface area contributed by atoms with Crippen molar-refractivity contribution in [3.05, 3.63) is 50.2 Å². The molecule has 4 rings (SSSR count). The molecule has 0 spiro atoms. The molecule has 0 fully saturated rings. The van der Waals surface area contributed by atoms with Crippen LogP contribution in [0, 0.1) is 17.1 Å². The first-order chi connectivity index (χ1) is 12.9. The Labute approximate surface area is 160 Å². The lowest BCUT2D eigenvalue weighted by atomic mass is 10.1. The highest BCUT2D eigenvalue weighted by Gasteiger charge is 2.31. The molecule has 8 nitrogen and oxygen atoms in total. The average molecular weight is 431 g/mol. The summed E-state index contributed by atoms with van der Waals surface area (Å²) in [6.45, 7) is 2.16. The van der Waals surface area contributed by atoms with Crippen molar-refractivity contribution in [2.24, 2.45) is 0 Å². The van der Waals surface area contributed by atoms with Crippen molar-refractivity contribution in [1.29, 1.82) is 5.26 Å². The van der Waals surface area contributed by atoms with Crippen LogP contribution in [0.1, 0.15) is 18.1 Å². The predicted molar refractivity (Wildman–Crippen MR) is 97.7 cm³/mol. The van der Waals surface area contributed by atoms with Gasteiger partial charge in [-0.1, -0.05) is 0 Å². The van der Waals surface area contributed by atoms with Crippen LogP contribution >= 0.6 is 15.9 Å². The first kappa shape index (κ1) is 17.4. The lowest BCUT2D eigenvalue weighted by molar-refractivity contribution is -0.118. The number of amides is 1.